The molecule has 2 aliphatic carbocycles. The molecule has 3 nitrogen and oxygen atoms in total. The van der Waals surface area contributed by atoms with Crippen LogP contribution in [0.15, 0.2) is 218 Å². The molecule has 0 radical (unpaired) electrons. The Balaban J connectivity index is 1.09. The van der Waals surface area contributed by atoms with Crippen molar-refractivity contribution in [2.24, 2.45) is 7.05 Å². The van der Waals surface area contributed by atoms with E-state index in [0.717, 1.165) is 34.1 Å². The Hall–Kier alpha value is -7.62. The molecular formula is C56H39N3. The van der Waals surface area contributed by atoms with Gasteiger partial charge in [-0.15, -0.1) is 0 Å². The van der Waals surface area contributed by atoms with E-state index in [9.17, 15) is 0 Å². The van der Waals surface area contributed by atoms with Gasteiger partial charge in [-0.25, -0.2) is 0 Å². The number of hydrogen-bond donors (Lipinski definition) is 0. The molecule has 2 aliphatic rings. The summed E-state index contributed by atoms with van der Waals surface area (Å²) in [4.78, 5) is 4.79. The molecule has 0 aliphatic heterocycles. The molecular weight excluding hydrogens is 715 g/mol. The van der Waals surface area contributed by atoms with Gasteiger partial charge in [-0.3, -0.25) is 0 Å². The second kappa shape index (κ2) is 13.0. The average molecular weight is 754 g/mol. The highest BCUT2D eigenvalue weighted by Crippen LogP contribution is 2.64. The van der Waals surface area contributed by atoms with Gasteiger partial charge in [0.1, 0.15) is 0 Å². The lowest BCUT2D eigenvalue weighted by Gasteiger charge is -2.32. The van der Waals surface area contributed by atoms with Crippen molar-refractivity contribution < 1.29 is 0 Å². The van der Waals surface area contributed by atoms with Gasteiger partial charge in [0, 0.05) is 57.5 Å². The molecule has 0 amide bonds. The Kier molecular flexibility index (Phi) is 7.36. The molecule has 1 heterocycles. The number of aryl methyl sites for hydroxylation is 1. The van der Waals surface area contributed by atoms with Crippen molar-refractivity contribution in [1.82, 2.24) is 4.57 Å². The molecule has 0 saturated carbocycles. The average Bonchev–Trinajstić information content (AvgIpc) is 3.88. The van der Waals surface area contributed by atoms with Crippen molar-refractivity contribution in [2.45, 2.75) is 5.41 Å². The Morgan fingerprint density at radius 1 is 0.305 bits per heavy atom. The standard InChI is InChI=1S/C56H39N3/c1-57-54-28-16-13-25-47(54)48-33-30-43(37-55(48)57)59(40-21-9-4-10-22-40)41-31-34-52-49(35-41)45-24-12-15-27-51(45)56(52)50-26-14-11-23-44(50)46-32-29-42(36-53(46)56)58(38-17-5-2-6-18-38)39-19-7-3-8-20-39/h2-37H,1H3. The van der Waals surface area contributed by atoms with E-state index in [-0.39, 0.29) is 0 Å². The third kappa shape index (κ3) is 4.82. The van der Waals surface area contributed by atoms with Crippen LogP contribution < -0.4 is 9.80 Å². The molecule has 1 unspecified atom stereocenters. The van der Waals surface area contributed by atoms with Gasteiger partial charge in [0.05, 0.1) is 10.9 Å². The summed E-state index contributed by atoms with van der Waals surface area (Å²) in [6, 6.07) is 80.3. The SMILES string of the molecule is Cn1c2ccccc2c2ccc(N(c3ccccc3)c3ccc4c(c3)-c3ccccc3C43c4ccccc4-c4ccc(N(c5ccccc5)c5ccccc5)cc43)cc21. The third-order valence-corrected chi connectivity index (χ3v) is 12.8. The number of benzene rings is 9. The van der Waals surface area contributed by atoms with Gasteiger partial charge in [0.15, 0.2) is 0 Å². The minimum Gasteiger partial charge on any atom is -0.344 e. The summed E-state index contributed by atoms with van der Waals surface area (Å²) in [5.41, 5.74) is 19.1. The molecule has 1 spiro atoms. The Labute approximate surface area is 344 Å². The fourth-order valence-electron chi connectivity index (χ4n) is 10.3. The lowest BCUT2D eigenvalue weighted by atomic mass is 9.70. The molecule has 3 heteroatoms. The number of hydrogen-bond acceptors (Lipinski definition) is 2. The number of fused-ring (bicyclic) bond motifs is 13. The van der Waals surface area contributed by atoms with Crippen molar-refractivity contribution in [2.75, 3.05) is 9.80 Å². The predicted molar refractivity (Wildman–Crippen MR) is 246 cm³/mol. The van der Waals surface area contributed by atoms with E-state index in [1.807, 2.05) is 0 Å². The summed E-state index contributed by atoms with van der Waals surface area (Å²) < 4.78 is 2.32. The fraction of sp³-hybridized carbons (Fsp3) is 0.0357. The maximum Gasteiger partial charge on any atom is 0.0726 e. The van der Waals surface area contributed by atoms with Gasteiger partial charge >= 0.3 is 0 Å². The topological polar surface area (TPSA) is 11.4 Å². The summed E-state index contributed by atoms with van der Waals surface area (Å²) in [5.74, 6) is 0. The monoisotopic (exact) mass is 753 g/mol. The Bertz CT molecular complexity index is 3200. The van der Waals surface area contributed by atoms with E-state index >= 15 is 0 Å². The van der Waals surface area contributed by atoms with Crippen molar-refractivity contribution in [3.63, 3.8) is 0 Å². The van der Waals surface area contributed by atoms with E-state index in [1.165, 1.54) is 66.3 Å². The van der Waals surface area contributed by atoms with Crippen LogP contribution in [0.4, 0.5) is 34.1 Å². The molecule has 278 valence electrons. The summed E-state index contributed by atoms with van der Waals surface area (Å²) in [6.45, 7) is 0. The first-order chi connectivity index (χ1) is 29.2. The van der Waals surface area contributed by atoms with Crippen LogP contribution >= 0.6 is 0 Å². The van der Waals surface area contributed by atoms with E-state index in [2.05, 4.69) is 240 Å². The molecule has 0 fully saturated rings. The highest BCUT2D eigenvalue weighted by atomic mass is 15.1. The van der Waals surface area contributed by atoms with Crippen molar-refractivity contribution in [3.8, 4) is 22.3 Å². The van der Waals surface area contributed by atoms with Crippen LogP contribution in [0.3, 0.4) is 0 Å². The quantitative estimate of drug-likeness (QED) is 0.168. The fourth-order valence-corrected chi connectivity index (χ4v) is 10.3. The number of rotatable bonds is 6. The van der Waals surface area contributed by atoms with Gasteiger partial charge in [-0.2, -0.15) is 0 Å². The number of para-hydroxylation sites is 4. The van der Waals surface area contributed by atoms with Gasteiger partial charge in [-0.05, 0) is 123 Å². The first-order valence-electron chi connectivity index (χ1n) is 20.4. The van der Waals surface area contributed by atoms with Crippen molar-refractivity contribution >= 4 is 55.9 Å². The third-order valence-electron chi connectivity index (χ3n) is 12.8. The van der Waals surface area contributed by atoms with Crippen LogP contribution in [0, 0.1) is 0 Å². The predicted octanol–water partition coefficient (Wildman–Crippen LogP) is 14.6. The maximum atomic E-state index is 2.46. The summed E-state index contributed by atoms with van der Waals surface area (Å²) in [5, 5.41) is 2.54. The first kappa shape index (κ1) is 33.5. The minimum absolute atomic E-state index is 0.495. The lowest BCUT2D eigenvalue weighted by molar-refractivity contribution is 0.793. The van der Waals surface area contributed by atoms with Crippen LogP contribution in [0.2, 0.25) is 0 Å². The summed E-state index contributed by atoms with van der Waals surface area (Å²) in [7, 11) is 2.18. The summed E-state index contributed by atoms with van der Waals surface area (Å²) >= 11 is 0. The number of anilines is 6. The molecule has 0 saturated heterocycles. The normalized spacial score (nSPS) is 14.6. The molecule has 59 heavy (non-hydrogen) atoms. The van der Waals surface area contributed by atoms with Crippen molar-refractivity contribution in [1.29, 1.82) is 0 Å². The van der Waals surface area contributed by atoms with Crippen LogP contribution in [0.25, 0.3) is 44.1 Å². The lowest BCUT2D eigenvalue weighted by Crippen LogP contribution is -2.26. The van der Waals surface area contributed by atoms with Crippen LogP contribution in [0.5, 0.6) is 0 Å². The zero-order chi connectivity index (χ0) is 39.1. The van der Waals surface area contributed by atoms with E-state index in [0.29, 0.717) is 0 Å². The number of nitrogens with zero attached hydrogens (tertiary/aromatic N) is 3. The van der Waals surface area contributed by atoms with Gasteiger partial charge in [-0.1, -0.05) is 140 Å². The Morgan fingerprint density at radius 3 is 1.41 bits per heavy atom. The van der Waals surface area contributed by atoms with Crippen LogP contribution in [-0.2, 0) is 12.5 Å². The highest BCUT2D eigenvalue weighted by molar-refractivity contribution is 6.09. The first-order valence-corrected chi connectivity index (χ1v) is 20.4. The molecule has 12 rings (SSSR count). The second-order valence-electron chi connectivity index (χ2n) is 15.8. The zero-order valence-electron chi connectivity index (χ0n) is 32.6. The van der Waals surface area contributed by atoms with E-state index < -0.39 is 5.41 Å². The molecule has 0 bridgehead atoms. The van der Waals surface area contributed by atoms with Gasteiger partial charge in [0.25, 0.3) is 0 Å². The van der Waals surface area contributed by atoms with Gasteiger partial charge < -0.3 is 14.4 Å². The largest absolute Gasteiger partial charge is 0.344 e. The molecule has 1 atom stereocenters. The number of aromatic nitrogens is 1. The van der Waals surface area contributed by atoms with E-state index in [4.69, 9.17) is 0 Å². The smallest absolute Gasteiger partial charge is 0.0726 e. The maximum absolute atomic E-state index is 2.46. The second-order valence-corrected chi connectivity index (χ2v) is 15.8. The Morgan fingerprint density at radius 2 is 0.746 bits per heavy atom. The zero-order valence-corrected chi connectivity index (χ0v) is 32.6. The van der Waals surface area contributed by atoms with Crippen LogP contribution in [-0.4, -0.2) is 4.57 Å². The van der Waals surface area contributed by atoms with E-state index in [1.54, 1.807) is 0 Å². The minimum atomic E-state index is -0.495. The van der Waals surface area contributed by atoms with Crippen LogP contribution in [0.1, 0.15) is 22.3 Å². The summed E-state index contributed by atoms with van der Waals surface area (Å²) in [6.07, 6.45) is 0. The molecule has 9 aromatic carbocycles. The molecule has 10 aromatic rings. The van der Waals surface area contributed by atoms with Gasteiger partial charge in [0.2, 0.25) is 0 Å². The molecule has 0 N–H and O–H groups in total. The molecule has 1 aromatic heterocycles. The van der Waals surface area contributed by atoms with Crippen molar-refractivity contribution in [3.05, 3.63) is 241 Å². The highest BCUT2D eigenvalue weighted by Gasteiger charge is 2.52.